The summed E-state index contributed by atoms with van der Waals surface area (Å²) in [6.07, 6.45) is 3.37. The van der Waals surface area contributed by atoms with Gasteiger partial charge in [-0.15, -0.1) is 0 Å². The van der Waals surface area contributed by atoms with Crippen LogP contribution in [0.2, 0.25) is 0 Å². The number of ether oxygens (including phenoxy) is 1. The molecule has 0 radical (unpaired) electrons. The van der Waals surface area contributed by atoms with Gasteiger partial charge in [0.25, 0.3) is 0 Å². The van der Waals surface area contributed by atoms with Gasteiger partial charge in [-0.3, -0.25) is 0 Å². The van der Waals surface area contributed by atoms with Crippen LogP contribution in [-0.2, 0) is 9.53 Å². The average Bonchev–Trinajstić information content (AvgIpc) is 2.15. The molecule has 13 heavy (non-hydrogen) atoms. The van der Waals surface area contributed by atoms with Crippen molar-refractivity contribution >= 4 is 5.97 Å². The lowest BCUT2D eigenvalue weighted by atomic mass is 9.83. The van der Waals surface area contributed by atoms with Crippen molar-refractivity contribution in [2.24, 2.45) is 5.92 Å². The number of aliphatic hydroxyl groups is 2. The van der Waals surface area contributed by atoms with E-state index in [2.05, 4.69) is 0 Å². The summed E-state index contributed by atoms with van der Waals surface area (Å²) < 4.78 is 4.97. The molecule has 0 aromatic rings. The zero-order chi connectivity index (χ0) is 9.42. The molecule has 2 rings (SSSR count). The van der Waals surface area contributed by atoms with Crippen LogP contribution in [0.3, 0.4) is 0 Å². The molecule has 0 spiro atoms. The molecular formula is C9H12O4. The van der Waals surface area contributed by atoms with E-state index in [0.29, 0.717) is 0 Å². The van der Waals surface area contributed by atoms with Crippen molar-refractivity contribution in [1.29, 1.82) is 0 Å². The fourth-order valence-corrected chi connectivity index (χ4v) is 2.02. The normalized spacial score (nSPS) is 34.0. The van der Waals surface area contributed by atoms with Gasteiger partial charge in [-0.05, 0) is 19.3 Å². The molecule has 2 aliphatic rings. The Hall–Kier alpha value is -1.19. The second kappa shape index (κ2) is 2.94. The fourth-order valence-electron chi connectivity index (χ4n) is 2.02. The van der Waals surface area contributed by atoms with Crippen molar-refractivity contribution in [1.82, 2.24) is 0 Å². The molecule has 0 saturated heterocycles. The van der Waals surface area contributed by atoms with Crippen LogP contribution in [0.15, 0.2) is 11.5 Å². The summed E-state index contributed by atoms with van der Waals surface area (Å²) in [5.41, 5.74) is 0. The summed E-state index contributed by atoms with van der Waals surface area (Å²) in [5, 5.41) is 18.6. The van der Waals surface area contributed by atoms with Gasteiger partial charge in [0.15, 0.2) is 0 Å². The Morgan fingerprint density at radius 3 is 2.69 bits per heavy atom. The van der Waals surface area contributed by atoms with Crippen molar-refractivity contribution in [3.63, 3.8) is 0 Å². The SMILES string of the molecule is O=C1OC2CCCC[C@@H]2C(O)=C1O. The lowest BCUT2D eigenvalue weighted by Gasteiger charge is -2.33. The van der Waals surface area contributed by atoms with Crippen LogP contribution >= 0.6 is 0 Å². The summed E-state index contributed by atoms with van der Waals surface area (Å²) in [6, 6.07) is 0. The average molecular weight is 184 g/mol. The Kier molecular flexibility index (Phi) is 1.90. The van der Waals surface area contributed by atoms with Crippen molar-refractivity contribution in [3.05, 3.63) is 11.5 Å². The van der Waals surface area contributed by atoms with E-state index in [1.165, 1.54) is 0 Å². The van der Waals surface area contributed by atoms with Crippen LogP contribution in [0.25, 0.3) is 0 Å². The number of aliphatic hydroxyl groups excluding tert-OH is 2. The summed E-state index contributed by atoms with van der Waals surface area (Å²) >= 11 is 0. The minimum absolute atomic E-state index is 0.175. The third kappa shape index (κ3) is 1.26. The molecule has 2 atom stereocenters. The number of esters is 1. The Morgan fingerprint density at radius 2 is 1.92 bits per heavy atom. The molecule has 72 valence electrons. The van der Waals surface area contributed by atoms with E-state index in [9.17, 15) is 9.90 Å². The molecule has 1 fully saturated rings. The first-order valence-corrected chi connectivity index (χ1v) is 4.53. The first-order valence-electron chi connectivity index (χ1n) is 4.53. The zero-order valence-electron chi connectivity index (χ0n) is 7.19. The lowest BCUT2D eigenvalue weighted by Crippen LogP contribution is -2.37. The second-order valence-corrected chi connectivity index (χ2v) is 3.57. The van der Waals surface area contributed by atoms with E-state index in [4.69, 9.17) is 9.84 Å². The van der Waals surface area contributed by atoms with Gasteiger partial charge < -0.3 is 14.9 Å². The molecule has 4 nitrogen and oxygen atoms in total. The zero-order valence-corrected chi connectivity index (χ0v) is 7.19. The van der Waals surface area contributed by atoms with Gasteiger partial charge in [0.1, 0.15) is 11.9 Å². The topological polar surface area (TPSA) is 66.8 Å². The van der Waals surface area contributed by atoms with Crippen LogP contribution in [-0.4, -0.2) is 22.3 Å². The summed E-state index contributed by atoms with van der Waals surface area (Å²) in [6.45, 7) is 0. The fraction of sp³-hybridized carbons (Fsp3) is 0.667. The van der Waals surface area contributed by atoms with Gasteiger partial charge in [0, 0.05) is 0 Å². The first kappa shape index (κ1) is 8.41. The van der Waals surface area contributed by atoms with Gasteiger partial charge in [-0.2, -0.15) is 0 Å². The highest BCUT2D eigenvalue weighted by molar-refractivity contribution is 5.87. The highest BCUT2D eigenvalue weighted by Crippen LogP contribution is 2.35. The molecule has 1 heterocycles. The highest BCUT2D eigenvalue weighted by Gasteiger charge is 2.39. The minimum atomic E-state index is -0.791. The summed E-state index contributed by atoms with van der Waals surface area (Å²) in [5.74, 6) is -1.75. The number of fused-ring (bicyclic) bond motifs is 1. The van der Waals surface area contributed by atoms with E-state index in [1.54, 1.807) is 0 Å². The van der Waals surface area contributed by atoms with Gasteiger partial charge in [0.05, 0.1) is 5.92 Å². The molecule has 1 aliphatic heterocycles. The van der Waals surface area contributed by atoms with Crippen LogP contribution in [0, 0.1) is 5.92 Å². The lowest BCUT2D eigenvalue weighted by molar-refractivity contribution is -0.156. The maximum Gasteiger partial charge on any atom is 0.377 e. The molecule has 0 bridgehead atoms. The third-order valence-corrected chi connectivity index (χ3v) is 2.75. The Morgan fingerprint density at radius 1 is 1.23 bits per heavy atom. The number of carbonyl (C=O) groups is 1. The summed E-state index contributed by atoms with van der Waals surface area (Å²) in [7, 11) is 0. The largest absolute Gasteiger partial charge is 0.508 e. The van der Waals surface area contributed by atoms with E-state index in [1.807, 2.05) is 0 Å². The van der Waals surface area contributed by atoms with Crippen LogP contribution < -0.4 is 0 Å². The summed E-state index contributed by atoms with van der Waals surface area (Å²) in [4.78, 5) is 11.0. The van der Waals surface area contributed by atoms with Gasteiger partial charge in [-0.1, -0.05) is 6.42 Å². The van der Waals surface area contributed by atoms with Crippen molar-refractivity contribution in [3.8, 4) is 0 Å². The van der Waals surface area contributed by atoms with Crippen LogP contribution in [0.1, 0.15) is 25.7 Å². The molecule has 1 unspecified atom stereocenters. The van der Waals surface area contributed by atoms with E-state index >= 15 is 0 Å². The van der Waals surface area contributed by atoms with Gasteiger partial charge in [-0.25, -0.2) is 4.79 Å². The predicted octanol–water partition coefficient (Wildman–Crippen LogP) is 1.43. The molecule has 1 aliphatic carbocycles. The minimum Gasteiger partial charge on any atom is -0.508 e. The highest BCUT2D eigenvalue weighted by atomic mass is 16.6. The second-order valence-electron chi connectivity index (χ2n) is 3.57. The smallest absolute Gasteiger partial charge is 0.377 e. The number of hydrogen-bond acceptors (Lipinski definition) is 4. The maximum absolute atomic E-state index is 11.0. The Bertz CT molecular complexity index is 269. The van der Waals surface area contributed by atoms with Crippen molar-refractivity contribution in [2.45, 2.75) is 31.8 Å². The van der Waals surface area contributed by atoms with Crippen molar-refractivity contribution in [2.75, 3.05) is 0 Å². The molecule has 0 amide bonds. The molecular weight excluding hydrogens is 172 g/mol. The third-order valence-electron chi connectivity index (χ3n) is 2.75. The Labute approximate surface area is 75.8 Å². The van der Waals surface area contributed by atoms with Crippen LogP contribution in [0.4, 0.5) is 0 Å². The predicted molar refractivity (Wildman–Crippen MR) is 44.1 cm³/mol. The first-order chi connectivity index (χ1) is 6.20. The quantitative estimate of drug-likeness (QED) is 0.559. The van der Waals surface area contributed by atoms with Crippen molar-refractivity contribution < 1.29 is 19.7 Å². The molecule has 1 saturated carbocycles. The van der Waals surface area contributed by atoms with Gasteiger partial charge in [0.2, 0.25) is 5.76 Å². The molecule has 0 aromatic heterocycles. The van der Waals surface area contributed by atoms with E-state index in [0.717, 1.165) is 25.7 Å². The standard InChI is InChI=1S/C9H12O4/c10-7-5-3-1-2-4-6(5)13-9(12)8(7)11/h5-6,10-11H,1-4H2/t5-,6?/m0/s1. The number of carbonyl (C=O) groups excluding carboxylic acids is 1. The van der Waals surface area contributed by atoms with E-state index in [-0.39, 0.29) is 17.8 Å². The molecule has 2 N–H and O–H groups in total. The monoisotopic (exact) mass is 184 g/mol. The maximum atomic E-state index is 11.0. The number of hydrogen-bond donors (Lipinski definition) is 2. The van der Waals surface area contributed by atoms with Crippen LogP contribution in [0.5, 0.6) is 0 Å². The number of rotatable bonds is 0. The molecule has 4 heteroatoms. The molecule has 0 aromatic carbocycles. The van der Waals surface area contributed by atoms with Gasteiger partial charge >= 0.3 is 5.97 Å². The Balaban J connectivity index is 2.28. The van der Waals surface area contributed by atoms with E-state index < -0.39 is 11.7 Å².